The summed E-state index contributed by atoms with van der Waals surface area (Å²) in [5.41, 5.74) is -0.444. The average molecular weight is 794 g/mol. The van der Waals surface area contributed by atoms with Gasteiger partial charge in [0, 0.05) is 63.1 Å². The van der Waals surface area contributed by atoms with Gasteiger partial charge >= 0.3 is 17.8 Å². The summed E-state index contributed by atoms with van der Waals surface area (Å²) in [6, 6.07) is 6.73. The molecule has 2 saturated heterocycles. The Morgan fingerprint density at radius 1 is 1.02 bits per heavy atom. The second-order valence-electron chi connectivity index (χ2n) is 13.8. The molecule has 0 bridgehead atoms. The molecule has 5 aromatic rings. The van der Waals surface area contributed by atoms with Crippen molar-refractivity contribution in [1.29, 1.82) is 0 Å². The van der Waals surface area contributed by atoms with E-state index in [1.165, 1.54) is 55.3 Å². The smallest absolute Gasteiger partial charge is 0.411 e. The number of carbonyl (C=O) groups is 2. The molecule has 57 heavy (non-hydrogen) atoms. The van der Waals surface area contributed by atoms with E-state index in [1.54, 1.807) is 18.2 Å². The standard InChI is InChI=1S/C39H39F4N7O7/c1-23-18-25(49-13-16-56-22-32(49)39(41,42)43)20-28(40)33(23)35(51)46-29(37(53)57-17-12-48-10-14-55-15-11-48)19-24-5-6-30(34-26(24)4-3-8-45-34)50-36(52)27-7-9-44-21-31(27)47(2)38(50)54/h3-9,18,20-21,29,32H,10-17,19,22H2,1-2H3,(H,46,51)/t29?,32-/m1/s1. The molecular weight excluding hydrogens is 754 g/mol. The van der Waals surface area contributed by atoms with Crippen molar-refractivity contribution < 1.29 is 41.4 Å². The van der Waals surface area contributed by atoms with Crippen molar-refractivity contribution >= 4 is 39.4 Å². The van der Waals surface area contributed by atoms with Crippen molar-refractivity contribution in [2.75, 3.05) is 64.1 Å². The van der Waals surface area contributed by atoms with Gasteiger partial charge in [-0.15, -0.1) is 0 Å². The predicted molar refractivity (Wildman–Crippen MR) is 200 cm³/mol. The lowest BCUT2D eigenvalue weighted by molar-refractivity contribution is -0.167. The van der Waals surface area contributed by atoms with Gasteiger partial charge in [0.1, 0.15) is 24.5 Å². The third kappa shape index (κ3) is 8.10. The summed E-state index contributed by atoms with van der Waals surface area (Å²) in [7, 11) is 1.52. The fourth-order valence-electron chi connectivity index (χ4n) is 7.29. The molecule has 0 aliphatic carbocycles. The van der Waals surface area contributed by atoms with Crippen LogP contribution < -0.4 is 21.5 Å². The first-order valence-corrected chi connectivity index (χ1v) is 18.2. The van der Waals surface area contributed by atoms with Crippen LogP contribution >= 0.6 is 0 Å². The fraction of sp³-hybridized carbons (Fsp3) is 0.385. The zero-order chi connectivity index (χ0) is 40.4. The lowest BCUT2D eigenvalue weighted by atomic mass is 9.99. The number of carbonyl (C=O) groups excluding carboxylic acids is 2. The molecule has 0 radical (unpaired) electrons. The summed E-state index contributed by atoms with van der Waals surface area (Å²) in [6.45, 7) is 3.37. The van der Waals surface area contributed by atoms with Crippen molar-refractivity contribution in [3.8, 4) is 5.69 Å². The highest BCUT2D eigenvalue weighted by atomic mass is 19.4. The van der Waals surface area contributed by atoms with Gasteiger partial charge in [-0.3, -0.25) is 29.0 Å². The van der Waals surface area contributed by atoms with Crippen LogP contribution in [0.1, 0.15) is 21.5 Å². The summed E-state index contributed by atoms with van der Waals surface area (Å²) in [5, 5.41) is 3.31. The van der Waals surface area contributed by atoms with Gasteiger partial charge in [-0.1, -0.05) is 12.1 Å². The highest BCUT2D eigenvalue weighted by Gasteiger charge is 2.45. The maximum atomic E-state index is 15.8. The first-order valence-electron chi connectivity index (χ1n) is 18.2. The predicted octanol–water partition coefficient (Wildman–Crippen LogP) is 3.06. The number of benzene rings is 2. The zero-order valence-corrected chi connectivity index (χ0v) is 31.1. The monoisotopic (exact) mass is 793 g/mol. The third-order valence-corrected chi connectivity index (χ3v) is 10.3. The number of alkyl halides is 3. The number of rotatable bonds is 10. The quantitative estimate of drug-likeness (QED) is 0.164. The van der Waals surface area contributed by atoms with Gasteiger partial charge in [0.25, 0.3) is 11.5 Å². The normalized spacial score (nSPS) is 17.2. The number of aromatic nitrogens is 4. The van der Waals surface area contributed by atoms with Crippen LogP contribution in [0.4, 0.5) is 23.2 Å². The molecule has 1 N–H and O–H groups in total. The number of anilines is 1. The van der Waals surface area contributed by atoms with Gasteiger partial charge in [-0.05, 0) is 48.4 Å². The van der Waals surface area contributed by atoms with Gasteiger partial charge in [0.2, 0.25) is 0 Å². The fourth-order valence-corrected chi connectivity index (χ4v) is 7.29. The Labute approximate surface area is 322 Å². The van der Waals surface area contributed by atoms with Crippen LogP contribution in [-0.2, 0) is 32.5 Å². The molecule has 18 heteroatoms. The summed E-state index contributed by atoms with van der Waals surface area (Å²) in [5.74, 6) is -2.88. The molecule has 1 unspecified atom stereocenters. The third-order valence-electron chi connectivity index (χ3n) is 10.3. The molecule has 2 atom stereocenters. The van der Waals surface area contributed by atoms with Crippen molar-refractivity contribution in [1.82, 2.24) is 29.3 Å². The Morgan fingerprint density at radius 2 is 1.79 bits per heavy atom. The molecule has 300 valence electrons. The number of aryl methyl sites for hydroxylation is 2. The SMILES string of the molecule is Cc1cc(N2CCOC[C@@H]2C(F)(F)F)cc(F)c1C(=O)NC(Cc1ccc(-n2c(=O)c3ccncc3n(C)c2=O)c2ncccc12)C(=O)OCCN1CCOCC1. The molecule has 3 aromatic heterocycles. The number of esters is 1. The number of pyridine rings is 2. The van der Waals surface area contributed by atoms with Gasteiger partial charge in [0.05, 0.1) is 60.3 Å². The number of nitrogens with zero attached hydrogens (tertiary/aromatic N) is 6. The van der Waals surface area contributed by atoms with Gasteiger partial charge in [-0.2, -0.15) is 13.2 Å². The van der Waals surface area contributed by atoms with Crippen molar-refractivity contribution in [2.24, 2.45) is 7.05 Å². The minimum absolute atomic E-state index is 0.00333. The lowest BCUT2D eigenvalue weighted by Crippen LogP contribution is -2.53. The Hall–Kier alpha value is -5.72. The van der Waals surface area contributed by atoms with E-state index in [1.807, 2.05) is 0 Å². The van der Waals surface area contributed by atoms with E-state index in [4.69, 9.17) is 14.2 Å². The minimum Gasteiger partial charge on any atom is -0.463 e. The summed E-state index contributed by atoms with van der Waals surface area (Å²) < 4.78 is 75.7. The number of amides is 1. The maximum absolute atomic E-state index is 15.8. The molecule has 1 amide bonds. The number of nitrogens with one attached hydrogen (secondary N) is 1. The first kappa shape index (κ1) is 39.5. The first-order chi connectivity index (χ1) is 27.3. The van der Waals surface area contributed by atoms with Crippen LogP contribution in [0.25, 0.3) is 27.5 Å². The van der Waals surface area contributed by atoms with E-state index in [0.717, 1.165) is 15.5 Å². The Morgan fingerprint density at radius 3 is 2.54 bits per heavy atom. The van der Waals surface area contributed by atoms with Gasteiger partial charge in [-0.25, -0.2) is 18.5 Å². The number of hydrogen-bond acceptors (Lipinski definition) is 11. The van der Waals surface area contributed by atoms with E-state index in [0.29, 0.717) is 49.3 Å². The van der Waals surface area contributed by atoms with Crippen LogP contribution in [-0.4, -0.2) is 113 Å². The van der Waals surface area contributed by atoms with Crippen molar-refractivity contribution in [2.45, 2.75) is 31.6 Å². The number of hydrogen-bond donors (Lipinski definition) is 1. The van der Waals surface area contributed by atoms with Crippen LogP contribution in [0, 0.1) is 12.7 Å². The topological polar surface area (TPSA) is 150 Å². The second kappa shape index (κ2) is 16.4. The largest absolute Gasteiger partial charge is 0.463 e. The summed E-state index contributed by atoms with van der Waals surface area (Å²) in [4.78, 5) is 66.4. The highest BCUT2D eigenvalue weighted by molar-refractivity contribution is 5.99. The van der Waals surface area contributed by atoms with E-state index in [9.17, 15) is 32.3 Å². The maximum Gasteiger partial charge on any atom is 0.411 e. The minimum atomic E-state index is -4.65. The summed E-state index contributed by atoms with van der Waals surface area (Å²) >= 11 is 0. The zero-order valence-electron chi connectivity index (χ0n) is 31.1. The average Bonchev–Trinajstić information content (AvgIpc) is 3.20. The molecule has 5 heterocycles. The Balaban J connectivity index is 1.21. The molecule has 2 aromatic carbocycles. The Bertz CT molecular complexity index is 2430. The van der Waals surface area contributed by atoms with Crippen molar-refractivity contribution in [3.63, 3.8) is 0 Å². The molecule has 2 aliphatic rings. The number of morpholine rings is 2. The molecule has 0 spiro atoms. The van der Waals surface area contributed by atoms with Gasteiger partial charge < -0.3 is 24.4 Å². The van der Waals surface area contributed by atoms with Crippen LogP contribution in [0.15, 0.2) is 70.6 Å². The second-order valence-corrected chi connectivity index (χ2v) is 13.8. The van der Waals surface area contributed by atoms with E-state index in [-0.39, 0.29) is 54.0 Å². The Kier molecular flexibility index (Phi) is 11.4. The summed E-state index contributed by atoms with van der Waals surface area (Å²) in [6.07, 6.45) is -0.474. The number of ether oxygens (including phenoxy) is 3. The molecule has 2 fully saturated rings. The van der Waals surface area contributed by atoms with Crippen LogP contribution in [0.3, 0.4) is 0 Å². The van der Waals surface area contributed by atoms with Gasteiger partial charge in [0.15, 0.2) is 0 Å². The molecular formula is C39H39F4N7O7. The molecule has 2 aliphatic heterocycles. The number of halogens is 4. The van der Waals surface area contributed by atoms with E-state index < -0.39 is 59.4 Å². The highest BCUT2D eigenvalue weighted by Crippen LogP contribution is 2.33. The van der Waals surface area contributed by atoms with Crippen LogP contribution in [0.5, 0.6) is 0 Å². The lowest BCUT2D eigenvalue weighted by Gasteiger charge is -2.38. The van der Waals surface area contributed by atoms with E-state index in [2.05, 4.69) is 20.2 Å². The molecule has 0 saturated carbocycles. The molecule has 7 rings (SSSR count). The number of fused-ring (bicyclic) bond motifs is 2. The van der Waals surface area contributed by atoms with Crippen molar-refractivity contribution in [3.05, 3.63) is 104 Å². The molecule has 14 nitrogen and oxygen atoms in total. The van der Waals surface area contributed by atoms with Crippen LogP contribution in [0.2, 0.25) is 0 Å². The van der Waals surface area contributed by atoms with E-state index >= 15 is 4.39 Å².